The number of nitrogens with two attached hydrogens (primary N) is 1. The Labute approximate surface area is 117 Å². The lowest BCUT2D eigenvalue weighted by Gasteiger charge is -2.34. The first-order valence-electron chi connectivity index (χ1n) is 7.41. The lowest BCUT2D eigenvalue weighted by molar-refractivity contribution is 0.178. The molecule has 2 rings (SSSR count). The third kappa shape index (κ3) is 3.95. The number of benzene rings is 1. The fourth-order valence-electron chi connectivity index (χ4n) is 2.90. The highest BCUT2D eigenvalue weighted by Crippen LogP contribution is 2.20. The van der Waals surface area contributed by atoms with E-state index in [1.165, 1.54) is 43.5 Å². The van der Waals surface area contributed by atoms with Gasteiger partial charge in [0, 0.05) is 31.9 Å². The van der Waals surface area contributed by atoms with Crippen molar-refractivity contribution < 1.29 is 0 Å². The molecular weight excluding hydrogens is 234 g/mol. The Morgan fingerprint density at radius 1 is 1.37 bits per heavy atom. The largest absolute Gasteiger partial charge is 0.375 e. The molecule has 3 heteroatoms. The highest BCUT2D eigenvalue weighted by Gasteiger charge is 2.18. The van der Waals surface area contributed by atoms with Gasteiger partial charge in [-0.15, -0.1) is 0 Å². The van der Waals surface area contributed by atoms with E-state index < -0.39 is 0 Å². The van der Waals surface area contributed by atoms with Crippen molar-refractivity contribution in [3.63, 3.8) is 0 Å². The van der Waals surface area contributed by atoms with E-state index in [2.05, 4.69) is 48.2 Å². The molecule has 1 aromatic rings. The molecule has 1 saturated heterocycles. The van der Waals surface area contributed by atoms with Crippen molar-refractivity contribution in [2.45, 2.75) is 38.3 Å². The minimum atomic E-state index is 0.618. The summed E-state index contributed by atoms with van der Waals surface area (Å²) in [4.78, 5) is 4.87. The second kappa shape index (κ2) is 6.92. The van der Waals surface area contributed by atoms with Crippen LogP contribution in [0.5, 0.6) is 0 Å². The van der Waals surface area contributed by atoms with Crippen LogP contribution < -0.4 is 10.6 Å². The van der Waals surface area contributed by atoms with E-state index in [0.717, 1.165) is 12.6 Å². The van der Waals surface area contributed by atoms with E-state index in [0.29, 0.717) is 6.54 Å². The van der Waals surface area contributed by atoms with Crippen molar-refractivity contribution in [1.82, 2.24) is 4.90 Å². The van der Waals surface area contributed by atoms with Gasteiger partial charge in [-0.3, -0.25) is 0 Å². The molecular formula is C16H27N3. The number of rotatable bonds is 5. The van der Waals surface area contributed by atoms with E-state index in [1.807, 2.05) is 0 Å². The van der Waals surface area contributed by atoms with Gasteiger partial charge in [0.05, 0.1) is 0 Å². The molecule has 1 aliphatic rings. The second-order valence-electron chi connectivity index (χ2n) is 5.71. The second-order valence-corrected chi connectivity index (χ2v) is 5.71. The highest BCUT2D eigenvalue weighted by atomic mass is 15.1. The van der Waals surface area contributed by atoms with Crippen molar-refractivity contribution in [2.24, 2.45) is 5.73 Å². The van der Waals surface area contributed by atoms with E-state index in [9.17, 15) is 0 Å². The molecule has 3 nitrogen and oxygen atoms in total. The molecule has 0 saturated carbocycles. The van der Waals surface area contributed by atoms with Crippen molar-refractivity contribution >= 4 is 5.69 Å². The normalized spacial score (nSPS) is 20.5. The fraction of sp³-hybridized carbons (Fsp3) is 0.625. The summed E-state index contributed by atoms with van der Waals surface area (Å²) in [6.45, 7) is 2.99. The predicted molar refractivity (Wildman–Crippen MR) is 82.5 cm³/mol. The first-order chi connectivity index (χ1) is 9.20. The number of piperidine rings is 1. The molecule has 0 aromatic heterocycles. The van der Waals surface area contributed by atoms with Gasteiger partial charge < -0.3 is 15.5 Å². The van der Waals surface area contributed by atoms with Gasteiger partial charge >= 0.3 is 0 Å². The zero-order chi connectivity index (χ0) is 13.7. The zero-order valence-electron chi connectivity index (χ0n) is 12.3. The molecule has 1 unspecified atom stereocenters. The molecule has 0 bridgehead atoms. The minimum Gasteiger partial charge on any atom is -0.375 e. The third-order valence-corrected chi connectivity index (χ3v) is 4.31. The summed E-state index contributed by atoms with van der Waals surface area (Å²) in [5.41, 5.74) is 8.19. The molecule has 2 N–H and O–H groups in total. The Bertz CT molecular complexity index is 391. The molecule has 0 aliphatic carbocycles. The van der Waals surface area contributed by atoms with Gasteiger partial charge in [0.25, 0.3) is 0 Å². The van der Waals surface area contributed by atoms with Crippen molar-refractivity contribution in [3.05, 3.63) is 29.8 Å². The Balaban J connectivity index is 1.87. The maximum atomic E-state index is 5.70. The molecule has 1 atom stereocenters. The van der Waals surface area contributed by atoms with Gasteiger partial charge in [0.2, 0.25) is 0 Å². The molecule has 0 amide bonds. The van der Waals surface area contributed by atoms with Crippen molar-refractivity contribution in [1.29, 1.82) is 0 Å². The molecule has 1 aromatic carbocycles. The van der Waals surface area contributed by atoms with Gasteiger partial charge in [-0.1, -0.05) is 18.6 Å². The maximum absolute atomic E-state index is 5.70. The first-order valence-corrected chi connectivity index (χ1v) is 7.41. The number of hydrogen-bond donors (Lipinski definition) is 1. The SMILES string of the molecule is CN(CCC1CCCCN1C)c1cccc(CN)c1. The third-order valence-electron chi connectivity index (χ3n) is 4.31. The lowest BCUT2D eigenvalue weighted by atomic mass is 10.00. The Morgan fingerprint density at radius 2 is 2.21 bits per heavy atom. The Morgan fingerprint density at radius 3 is 2.95 bits per heavy atom. The van der Waals surface area contributed by atoms with E-state index in [-0.39, 0.29) is 0 Å². The van der Waals surface area contributed by atoms with Crippen LogP contribution in [-0.2, 0) is 6.54 Å². The van der Waals surface area contributed by atoms with Crippen LogP contribution in [0.25, 0.3) is 0 Å². The lowest BCUT2D eigenvalue weighted by Crippen LogP contribution is -2.38. The van der Waals surface area contributed by atoms with Crippen LogP contribution in [0.3, 0.4) is 0 Å². The summed E-state index contributed by atoms with van der Waals surface area (Å²) >= 11 is 0. The number of nitrogens with zero attached hydrogens (tertiary/aromatic N) is 2. The summed E-state index contributed by atoms with van der Waals surface area (Å²) in [5.74, 6) is 0. The van der Waals surface area contributed by atoms with Crippen LogP contribution in [0.1, 0.15) is 31.2 Å². The summed E-state index contributed by atoms with van der Waals surface area (Å²) in [6, 6.07) is 9.32. The minimum absolute atomic E-state index is 0.618. The summed E-state index contributed by atoms with van der Waals surface area (Å²) in [7, 11) is 4.44. The quantitative estimate of drug-likeness (QED) is 0.883. The van der Waals surface area contributed by atoms with Crippen LogP contribution in [0.15, 0.2) is 24.3 Å². The van der Waals surface area contributed by atoms with E-state index in [4.69, 9.17) is 5.73 Å². The van der Waals surface area contributed by atoms with Crippen molar-refractivity contribution in [3.8, 4) is 0 Å². The fourth-order valence-corrected chi connectivity index (χ4v) is 2.90. The number of hydrogen-bond acceptors (Lipinski definition) is 3. The molecule has 1 fully saturated rings. The predicted octanol–water partition coefficient (Wildman–Crippen LogP) is 2.46. The standard InChI is InChI=1S/C16H27N3/c1-18-10-4-3-7-15(18)9-11-19(2)16-8-5-6-14(12-16)13-17/h5-6,8,12,15H,3-4,7,9-11,13,17H2,1-2H3. The molecule has 0 spiro atoms. The Hall–Kier alpha value is -1.06. The highest BCUT2D eigenvalue weighted by molar-refractivity contribution is 5.47. The zero-order valence-corrected chi connectivity index (χ0v) is 12.3. The van der Waals surface area contributed by atoms with Gasteiger partial charge in [0.15, 0.2) is 0 Å². The average molecular weight is 261 g/mol. The van der Waals surface area contributed by atoms with Crippen LogP contribution in [0.4, 0.5) is 5.69 Å². The molecule has 1 aliphatic heterocycles. The monoisotopic (exact) mass is 261 g/mol. The average Bonchev–Trinajstić information content (AvgIpc) is 2.46. The van der Waals surface area contributed by atoms with Gasteiger partial charge in [-0.25, -0.2) is 0 Å². The summed E-state index contributed by atoms with van der Waals surface area (Å²) < 4.78 is 0. The van der Waals surface area contributed by atoms with Gasteiger partial charge in [0.1, 0.15) is 0 Å². The summed E-state index contributed by atoms with van der Waals surface area (Å²) in [5, 5.41) is 0. The van der Waals surface area contributed by atoms with Gasteiger partial charge in [-0.2, -0.15) is 0 Å². The van der Waals surface area contributed by atoms with Crippen LogP contribution in [0, 0.1) is 0 Å². The van der Waals surface area contributed by atoms with E-state index >= 15 is 0 Å². The molecule has 0 radical (unpaired) electrons. The van der Waals surface area contributed by atoms with E-state index in [1.54, 1.807) is 0 Å². The maximum Gasteiger partial charge on any atom is 0.0366 e. The molecule has 1 heterocycles. The molecule has 19 heavy (non-hydrogen) atoms. The van der Waals surface area contributed by atoms with Gasteiger partial charge in [-0.05, 0) is 50.6 Å². The van der Waals surface area contributed by atoms with Crippen LogP contribution >= 0.6 is 0 Å². The van der Waals surface area contributed by atoms with Crippen LogP contribution in [-0.4, -0.2) is 38.1 Å². The van der Waals surface area contributed by atoms with Crippen LogP contribution in [0.2, 0.25) is 0 Å². The topological polar surface area (TPSA) is 32.5 Å². The number of likely N-dealkylation sites (tertiary alicyclic amines) is 1. The van der Waals surface area contributed by atoms with Crippen molar-refractivity contribution in [2.75, 3.05) is 32.1 Å². The first kappa shape index (κ1) is 14.4. The Kier molecular flexibility index (Phi) is 5.23. The molecule has 106 valence electrons. The summed E-state index contributed by atoms with van der Waals surface area (Å²) in [6.07, 6.45) is 5.36. The smallest absolute Gasteiger partial charge is 0.0366 e. The number of anilines is 1.